The van der Waals surface area contributed by atoms with Crippen molar-refractivity contribution in [1.29, 1.82) is 0 Å². The van der Waals surface area contributed by atoms with Crippen LogP contribution in [0.5, 0.6) is 0 Å². The Morgan fingerprint density at radius 3 is 2.32 bits per heavy atom. The number of benzene rings is 1. The van der Waals surface area contributed by atoms with Gasteiger partial charge in [0.2, 0.25) is 0 Å². The van der Waals surface area contributed by atoms with E-state index in [0.29, 0.717) is 6.04 Å². The van der Waals surface area contributed by atoms with Crippen LogP contribution in [-0.2, 0) is 0 Å². The molecular formula is C17H25NO. The molecule has 2 N–H and O–H groups in total. The Balaban J connectivity index is 1.40. The fourth-order valence-corrected chi connectivity index (χ4v) is 3.56. The van der Waals surface area contributed by atoms with Crippen molar-refractivity contribution in [2.45, 2.75) is 56.6 Å². The Hall–Kier alpha value is -0.860. The minimum Gasteiger partial charge on any atom is -0.393 e. The summed E-state index contributed by atoms with van der Waals surface area (Å²) >= 11 is 0. The average molecular weight is 259 g/mol. The zero-order valence-corrected chi connectivity index (χ0v) is 11.6. The molecule has 0 spiro atoms. The Bertz CT molecular complexity index is 378. The van der Waals surface area contributed by atoms with Crippen molar-refractivity contribution in [1.82, 2.24) is 5.32 Å². The molecular weight excluding hydrogens is 234 g/mol. The second-order valence-electron chi connectivity index (χ2n) is 6.36. The van der Waals surface area contributed by atoms with E-state index >= 15 is 0 Å². The monoisotopic (exact) mass is 259 g/mol. The zero-order chi connectivity index (χ0) is 13.1. The summed E-state index contributed by atoms with van der Waals surface area (Å²) in [4.78, 5) is 0. The van der Waals surface area contributed by atoms with Crippen molar-refractivity contribution in [2.24, 2.45) is 5.92 Å². The molecule has 0 radical (unpaired) electrons. The molecule has 2 aliphatic rings. The molecule has 2 fully saturated rings. The molecule has 0 atom stereocenters. The summed E-state index contributed by atoms with van der Waals surface area (Å²) in [5.74, 6) is 1.49. The number of rotatable bonds is 4. The van der Waals surface area contributed by atoms with E-state index in [2.05, 4.69) is 35.6 Å². The maximum absolute atomic E-state index is 9.29. The van der Waals surface area contributed by atoms with Gasteiger partial charge in [-0.15, -0.1) is 0 Å². The lowest BCUT2D eigenvalue weighted by molar-refractivity contribution is 0.0411. The van der Waals surface area contributed by atoms with Gasteiger partial charge in [-0.25, -0.2) is 0 Å². The summed E-state index contributed by atoms with van der Waals surface area (Å²) in [7, 11) is 0. The molecule has 0 heterocycles. The molecule has 0 aromatic heterocycles. The quantitative estimate of drug-likeness (QED) is 0.871. The van der Waals surface area contributed by atoms with Crippen LogP contribution in [0.25, 0.3) is 0 Å². The third kappa shape index (κ3) is 3.37. The van der Waals surface area contributed by atoms with Gasteiger partial charge in [-0.1, -0.05) is 30.3 Å². The van der Waals surface area contributed by atoms with Gasteiger partial charge in [-0.2, -0.15) is 0 Å². The normalized spacial score (nSPS) is 34.8. The molecule has 0 saturated heterocycles. The summed E-state index contributed by atoms with van der Waals surface area (Å²) in [6, 6.07) is 11.7. The Kier molecular flexibility index (Phi) is 4.19. The van der Waals surface area contributed by atoms with E-state index in [9.17, 15) is 5.11 Å². The lowest BCUT2D eigenvalue weighted by Crippen LogP contribution is -2.41. The number of aliphatic hydroxyl groups is 1. The van der Waals surface area contributed by atoms with E-state index in [4.69, 9.17) is 0 Å². The molecule has 0 aliphatic heterocycles. The number of hydrogen-bond donors (Lipinski definition) is 2. The second-order valence-corrected chi connectivity index (χ2v) is 6.36. The summed E-state index contributed by atoms with van der Waals surface area (Å²) in [5.41, 5.74) is 1.52. The average Bonchev–Trinajstić information content (AvgIpc) is 2.44. The van der Waals surface area contributed by atoms with Gasteiger partial charge in [-0.05, 0) is 62.5 Å². The lowest BCUT2D eigenvalue weighted by Gasteiger charge is -2.35. The van der Waals surface area contributed by atoms with Crippen LogP contribution in [0.3, 0.4) is 0 Å². The third-order valence-electron chi connectivity index (χ3n) is 4.90. The first kappa shape index (κ1) is 13.1. The predicted molar refractivity (Wildman–Crippen MR) is 78.2 cm³/mol. The van der Waals surface area contributed by atoms with Crippen LogP contribution in [0.2, 0.25) is 0 Å². The largest absolute Gasteiger partial charge is 0.393 e. The van der Waals surface area contributed by atoms with Gasteiger partial charge >= 0.3 is 0 Å². The van der Waals surface area contributed by atoms with Gasteiger partial charge in [0.1, 0.15) is 0 Å². The van der Waals surface area contributed by atoms with E-state index in [1.165, 1.54) is 31.2 Å². The molecule has 1 aromatic rings. The Morgan fingerprint density at radius 2 is 1.68 bits per heavy atom. The van der Waals surface area contributed by atoms with E-state index in [1.54, 1.807) is 0 Å². The maximum Gasteiger partial charge on any atom is 0.0546 e. The van der Waals surface area contributed by atoms with E-state index in [-0.39, 0.29) is 6.10 Å². The molecule has 104 valence electrons. The van der Waals surface area contributed by atoms with Gasteiger partial charge in [0, 0.05) is 6.04 Å². The molecule has 3 rings (SSSR count). The molecule has 2 saturated carbocycles. The van der Waals surface area contributed by atoms with Crippen LogP contribution in [0.1, 0.15) is 50.0 Å². The Morgan fingerprint density at radius 1 is 1.00 bits per heavy atom. The van der Waals surface area contributed by atoms with Gasteiger partial charge in [0.25, 0.3) is 0 Å². The van der Waals surface area contributed by atoms with Crippen molar-refractivity contribution < 1.29 is 5.11 Å². The van der Waals surface area contributed by atoms with Crippen LogP contribution < -0.4 is 5.32 Å². The van der Waals surface area contributed by atoms with Crippen molar-refractivity contribution in [3.8, 4) is 0 Å². The van der Waals surface area contributed by atoms with Gasteiger partial charge in [-0.3, -0.25) is 0 Å². The van der Waals surface area contributed by atoms with E-state index in [0.717, 1.165) is 31.2 Å². The maximum atomic E-state index is 9.29. The van der Waals surface area contributed by atoms with Crippen molar-refractivity contribution in [3.63, 3.8) is 0 Å². The number of hydrogen-bond acceptors (Lipinski definition) is 2. The fourth-order valence-electron chi connectivity index (χ4n) is 3.56. The SMILES string of the molecule is OC1CC(CNC2CCC(c3ccccc3)CC2)C1. The van der Waals surface area contributed by atoms with E-state index in [1.807, 2.05) is 0 Å². The smallest absolute Gasteiger partial charge is 0.0546 e. The van der Waals surface area contributed by atoms with Crippen molar-refractivity contribution >= 4 is 0 Å². The minimum absolute atomic E-state index is 0.0133. The second kappa shape index (κ2) is 6.06. The van der Waals surface area contributed by atoms with Crippen molar-refractivity contribution in [3.05, 3.63) is 35.9 Å². The van der Waals surface area contributed by atoms with Crippen LogP contribution in [0.4, 0.5) is 0 Å². The highest BCUT2D eigenvalue weighted by Crippen LogP contribution is 2.33. The summed E-state index contributed by atoms with van der Waals surface area (Å²) in [6.45, 7) is 1.11. The van der Waals surface area contributed by atoms with Gasteiger partial charge in [0.15, 0.2) is 0 Å². The third-order valence-corrected chi connectivity index (χ3v) is 4.90. The first-order chi connectivity index (χ1) is 9.31. The zero-order valence-electron chi connectivity index (χ0n) is 11.6. The molecule has 2 aliphatic carbocycles. The summed E-state index contributed by atoms with van der Waals surface area (Å²) in [5, 5.41) is 13.0. The van der Waals surface area contributed by atoms with Crippen LogP contribution in [-0.4, -0.2) is 23.8 Å². The fraction of sp³-hybridized carbons (Fsp3) is 0.647. The lowest BCUT2D eigenvalue weighted by atomic mass is 9.80. The van der Waals surface area contributed by atoms with Crippen LogP contribution in [0, 0.1) is 5.92 Å². The highest BCUT2D eigenvalue weighted by Gasteiger charge is 2.28. The topological polar surface area (TPSA) is 32.3 Å². The van der Waals surface area contributed by atoms with Crippen molar-refractivity contribution in [2.75, 3.05) is 6.54 Å². The molecule has 1 aromatic carbocycles. The van der Waals surface area contributed by atoms with Gasteiger partial charge < -0.3 is 10.4 Å². The molecule has 0 bridgehead atoms. The summed E-state index contributed by atoms with van der Waals surface area (Å²) < 4.78 is 0. The van der Waals surface area contributed by atoms with Crippen LogP contribution >= 0.6 is 0 Å². The first-order valence-electron chi connectivity index (χ1n) is 7.77. The molecule has 0 unspecified atom stereocenters. The molecule has 2 heteroatoms. The summed E-state index contributed by atoms with van der Waals surface area (Å²) in [6.07, 6.45) is 7.23. The highest BCUT2D eigenvalue weighted by atomic mass is 16.3. The van der Waals surface area contributed by atoms with Crippen LogP contribution in [0.15, 0.2) is 30.3 Å². The number of nitrogens with one attached hydrogen (secondary N) is 1. The first-order valence-corrected chi connectivity index (χ1v) is 7.77. The molecule has 19 heavy (non-hydrogen) atoms. The van der Waals surface area contributed by atoms with E-state index < -0.39 is 0 Å². The predicted octanol–water partition coefficient (Wildman–Crippen LogP) is 3.07. The molecule has 0 amide bonds. The highest BCUT2D eigenvalue weighted by molar-refractivity contribution is 5.20. The Labute approximate surface area is 116 Å². The standard InChI is InChI=1S/C17H25NO/c19-17-10-13(11-17)12-18-16-8-6-15(7-9-16)14-4-2-1-3-5-14/h1-5,13,15-19H,6-12H2. The van der Waals surface area contributed by atoms with Gasteiger partial charge in [0.05, 0.1) is 6.10 Å². The molecule has 2 nitrogen and oxygen atoms in total. The minimum atomic E-state index is -0.0133. The number of aliphatic hydroxyl groups excluding tert-OH is 1.